The number of hydrogen-bond donors (Lipinski definition) is 0. The Morgan fingerprint density at radius 3 is 2.10 bits per heavy atom. The van der Waals surface area contributed by atoms with Crippen molar-refractivity contribution in [1.29, 1.82) is 0 Å². The van der Waals surface area contributed by atoms with E-state index in [1.807, 2.05) is 0 Å². The van der Waals surface area contributed by atoms with Gasteiger partial charge in [0.25, 0.3) is 0 Å². The molecule has 0 aliphatic carbocycles. The van der Waals surface area contributed by atoms with Gasteiger partial charge in [0.1, 0.15) is 0 Å². The predicted octanol–water partition coefficient (Wildman–Crippen LogP) is 1.87. The van der Waals surface area contributed by atoms with E-state index in [0.717, 1.165) is 12.1 Å². The van der Waals surface area contributed by atoms with Crippen LogP contribution in [-0.4, -0.2) is 0 Å². The first-order valence-electron chi connectivity index (χ1n) is 2.32. The SMILES string of the molecule is Fc1ccc([S-])cc1F.[Ag+]. The molecule has 0 aliphatic rings. The Hall–Kier alpha value is 0.0403. The molecule has 10 heavy (non-hydrogen) atoms. The summed E-state index contributed by atoms with van der Waals surface area (Å²) in [5, 5.41) is 0. The van der Waals surface area contributed by atoms with Gasteiger partial charge in [-0.2, -0.15) is 4.90 Å². The molecule has 0 fully saturated rings. The van der Waals surface area contributed by atoms with Gasteiger partial charge in [-0.3, -0.25) is 0 Å². The molecule has 58 valence electrons. The van der Waals surface area contributed by atoms with Crippen molar-refractivity contribution in [2.45, 2.75) is 4.90 Å². The normalized spacial score (nSPS) is 8.60. The average molecular weight is 253 g/mol. The summed E-state index contributed by atoms with van der Waals surface area (Å²) in [7, 11) is 0. The van der Waals surface area contributed by atoms with Gasteiger partial charge in [0.15, 0.2) is 11.6 Å². The van der Waals surface area contributed by atoms with Crippen LogP contribution in [-0.2, 0) is 35.0 Å². The Morgan fingerprint density at radius 1 is 1.10 bits per heavy atom. The van der Waals surface area contributed by atoms with Gasteiger partial charge in [0.05, 0.1) is 0 Å². The molecule has 0 nitrogen and oxygen atoms in total. The molecule has 0 bridgehead atoms. The second-order valence-corrected chi connectivity index (χ2v) is 2.05. The first-order valence-corrected chi connectivity index (χ1v) is 2.73. The summed E-state index contributed by atoms with van der Waals surface area (Å²) < 4.78 is 24.2. The van der Waals surface area contributed by atoms with Crippen molar-refractivity contribution in [3.63, 3.8) is 0 Å². The van der Waals surface area contributed by atoms with Gasteiger partial charge in [0.2, 0.25) is 0 Å². The molecule has 1 aromatic carbocycles. The van der Waals surface area contributed by atoms with Crippen LogP contribution in [0, 0.1) is 11.6 Å². The van der Waals surface area contributed by atoms with Crippen molar-refractivity contribution in [1.82, 2.24) is 0 Å². The molecule has 0 saturated heterocycles. The van der Waals surface area contributed by atoms with Crippen LogP contribution in [0.25, 0.3) is 0 Å². The molecular formula is C6H3AgF2S. The zero-order valence-electron chi connectivity index (χ0n) is 4.70. The number of rotatable bonds is 0. The standard InChI is InChI=1S/C6H4F2S.Ag/c7-5-2-1-4(9)3-6(5)8;/h1-3,9H;/q;+1/p-1. The first kappa shape index (κ1) is 10.0. The van der Waals surface area contributed by atoms with Gasteiger partial charge < -0.3 is 12.6 Å². The fourth-order valence-corrected chi connectivity index (χ4v) is 0.648. The second kappa shape index (κ2) is 4.03. The minimum Gasteiger partial charge on any atom is -0.780 e. The molecule has 1 rings (SSSR count). The molecular weight excluding hydrogens is 250 g/mol. The Bertz CT molecular complexity index is 227. The molecule has 0 radical (unpaired) electrons. The van der Waals surface area contributed by atoms with Crippen molar-refractivity contribution >= 4 is 12.6 Å². The zero-order valence-corrected chi connectivity index (χ0v) is 7.00. The molecule has 0 spiro atoms. The van der Waals surface area contributed by atoms with Crippen molar-refractivity contribution < 1.29 is 31.2 Å². The number of halogens is 2. The molecule has 0 heterocycles. The molecule has 0 unspecified atom stereocenters. The van der Waals surface area contributed by atoms with Crippen LogP contribution in [0.3, 0.4) is 0 Å². The molecule has 0 atom stereocenters. The van der Waals surface area contributed by atoms with E-state index in [1.165, 1.54) is 6.07 Å². The maximum atomic E-state index is 12.1. The maximum absolute atomic E-state index is 12.1. The fourth-order valence-electron chi connectivity index (χ4n) is 0.477. The fraction of sp³-hybridized carbons (Fsp3) is 0. The van der Waals surface area contributed by atoms with Gasteiger partial charge in [-0.1, -0.05) is 6.07 Å². The maximum Gasteiger partial charge on any atom is 1.00 e. The summed E-state index contributed by atoms with van der Waals surface area (Å²) in [4.78, 5) is 0.314. The van der Waals surface area contributed by atoms with Crippen LogP contribution in [0.1, 0.15) is 0 Å². The third-order valence-corrected chi connectivity index (χ3v) is 1.14. The average Bonchev–Trinajstić information content (AvgIpc) is 1.80. The van der Waals surface area contributed by atoms with Crippen molar-refractivity contribution in [3.8, 4) is 0 Å². The van der Waals surface area contributed by atoms with E-state index in [-0.39, 0.29) is 22.4 Å². The Balaban J connectivity index is 0.000000810. The molecule has 0 aliphatic heterocycles. The molecule has 4 heteroatoms. The third-order valence-electron chi connectivity index (χ3n) is 0.891. The summed E-state index contributed by atoms with van der Waals surface area (Å²) in [5.74, 6) is -1.74. The van der Waals surface area contributed by atoms with Gasteiger partial charge in [-0.15, -0.1) is 0 Å². The van der Waals surface area contributed by atoms with Crippen LogP contribution in [0.5, 0.6) is 0 Å². The third kappa shape index (κ3) is 2.34. The van der Waals surface area contributed by atoms with Crippen LogP contribution < -0.4 is 0 Å². The molecule has 0 aromatic heterocycles. The van der Waals surface area contributed by atoms with Crippen LogP contribution in [0.15, 0.2) is 23.1 Å². The molecule has 0 N–H and O–H groups in total. The van der Waals surface area contributed by atoms with Crippen molar-refractivity contribution in [3.05, 3.63) is 29.8 Å². The summed E-state index contributed by atoms with van der Waals surface area (Å²) in [6.07, 6.45) is 0. The van der Waals surface area contributed by atoms with Gasteiger partial charge in [-0.05, 0) is 12.1 Å². The molecule has 0 amide bonds. The minimum atomic E-state index is -0.887. The monoisotopic (exact) mass is 252 g/mol. The predicted molar refractivity (Wildman–Crippen MR) is 32.0 cm³/mol. The first-order chi connectivity index (χ1) is 4.20. The van der Waals surface area contributed by atoms with E-state index >= 15 is 0 Å². The van der Waals surface area contributed by atoms with Gasteiger partial charge in [0, 0.05) is 0 Å². The Morgan fingerprint density at radius 2 is 1.70 bits per heavy atom. The second-order valence-electron chi connectivity index (χ2n) is 1.58. The van der Waals surface area contributed by atoms with E-state index in [4.69, 9.17) is 0 Å². The zero-order chi connectivity index (χ0) is 6.85. The topological polar surface area (TPSA) is 0 Å². The van der Waals surface area contributed by atoms with Gasteiger partial charge in [-0.25, -0.2) is 8.78 Å². The van der Waals surface area contributed by atoms with Crippen molar-refractivity contribution in [2.24, 2.45) is 0 Å². The molecule has 1 aromatic rings. The molecule has 0 saturated carbocycles. The minimum absolute atomic E-state index is 0. The quantitative estimate of drug-likeness (QED) is 0.502. The van der Waals surface area contributed by atoms with E-state index in [0.29, 0.717) is 4.90 Å². The van der Waals surface area contributed by atoms with Crippen molar-refractivity contribution in [2.75, 3.05) is 0 Å². The van der Waals surface area contributed by atoms with E-state index in [1.54, 1.807) is 0 Å². The summed E-state index contributed by atoms with van der Waals surface area (Å²) in [6, 6.07) is 3.33. The van der Waals surface area contributed by atoms with E-state index < -0.39 is 11.6 Å². The number of benzene rings is 1. The Labute approximate surface area is 78.6 Å². The van der Waals surface area contributed by atoms with Crippen LogP contribution in [0.2, 0.25) is 0 Å². The van der Waals surface area contributed by atoms with Crippen LogP contribution in [0.4, 0.5) is 8.78 Å². The van der Waals surface area contributed by atoms with Gasteiger partial charge >= 0.3 is 22.4 Å². The smallest absolute Gasteiger partial charge is 0.780 e. The van der Waals surface area contributed by atoms with Crippen LogP contribution >= 0.6 is 0 Å². The largest absolute Gasteiger partial charge is 1.00 e. The van der Waals surface area contributed by atoms with E-state index in [2.05, 4.69) is 12.6 Å². The number of hydrogen-bond acceptors (Lipinski definition) is 1. The summed E-state index contributed by atoms with van der Waals surface area (Å²) in [5.41, 5.74) is 0. The Kier molecular flexibility index (Phi) is 4.05. The summed E-state index contributed by atoms with van der Waals surface area (Å²) >= 11 is 4.55. The van der Waals surface area contributed by atoms with E-state index in [9.17, 15) is 8.78 Å². The summed E-state index contributed by atoms with van der Waals surface area (Å²) in [6.45, 7) is 0.